The molecule has 0 spiro atoms. The Hall–Kier alpha value is -3.43. The van der Waals surface area contributed by atoms with Crippen molar-refractivity contribution in [3.05, 3.63) is 69.0 Å². The molecule has 2 heterocycles. The maximum absolute atomic E-state index is 15.6. The summed E-state index contributed by atoms with van der Waals surface area (Å²) < 4.78 is 55.5. The Morgan fingerprint density at radius 1 is 1.00 bits per heavy atom. The van der Waals surface area contributed by atoms with Gasteiger partial charge in [-0.1, -0.05) is 18.2 Å². The van der Waals surface area contributed by atoms with Crippen LogP contribution < -0.4 is 9.04 Å². The van der Waals surface area contributed by atoms with E-state index in [9.17, 15) is 18.3 Å². The fourth-order valence-electron chi connectivity index (χ4n) is 6.42. The molecule has 42 heavy (non-hydrogen) atoms. The van der Waals surface area contributed by atoms with Crippen LogP contribution >= 0.6 is 0 Å². The number of benzene rings is 3. The number of carbonyl (C=O) groups is 1. The van der Waals surface area contributed by atoms with Gasteiger partial charge in [-0.15, -0.1) is 0 Å². The third kappa shape index (κ3) is 4.96. The summed E-state index contributed by atoms with van der Waals surface area (Å²) in [5.41, 5.74) is 6.42. The minimum atomic E-state index is -3.88. The van der Waals surface area contributed by atoms with Gasteiger partial charge in [-0.3, -0.25) is 4.31 Å². The SMILES string of the molecule is Cc1ccc2c(c1F)CN(S(C)(=O)=O)c1c(C)c([C@H](OC(C)(C)C)C(=O)O)c(-c3ccc4c(c3C)CCCO4)c(C)c1-2. The Morgan fingerprint density at radius 2 is 1.67 bits per heavy atom. The summed E-state index contributed by atoms with van der Waals surface area (Å²) in [5, 5.41) is 10.6. The molecule has 0 saturated heterocycles. The minimum absolute atomic E-state index is 0.194. The van der Waals surface area contributed by atoms with Crippen LogP contribution in [0.2, 0.25) is 0 Å². The molecule has 9 heteroatoms. The van der Waals surface area contributed by atoms with Crippen LogP contribution in [0.4, 0.5) is 10.1 Å². The smallest absolute Gasteiger partial charge is 0.337 e. The van der Waals surface area contributed by atoms with E-state index >= 15 is 4.39 Å². The summed E-state index contributed by atoms with van der Waals surface area (Å²) in [6.45, 7) is 13.1. The van der Waals surface area contributed by atoms with Crippen molar-refractivity contribution in [2.75, 3.05) is 17.2 Å². The lowest BCUT2D eigenvalue weighted by molar-refractivity contribution is -0.160. The van der Waals surface area contributed by atoms with Crippen molar-refractivity contribution in [3.8, 4) is 28.0 Å². The standard InChI is InChI=1S/C33H38FNO6S/c1-17-11-12-23-24(29(17)34)16-35(42(8,38)39)30-20(4)28(31(32(36)37)41-33(5,6)7)26(19(3)27(23)30)22-13-14-25-21(18(22)2)10-9-15-40-25/h11-14,31H,9-10,15-16H2,1-8H3,(H,36,37)/t31-/m0/s1. The molecule has 0 unspecified atom stereocenters. The summed E-state index contributed by atoms with van der Waals surface area (Å²) in [5.74, 6) is -0.823. The third-order valence-electron chi connectivity index (χ3n) is 8.28. The maximum atomic E-state index is 15.6. The first-order valence-electron chi connectivity index (χ1n) is 14.1. The molecule has 1 atom stereocenters. The molecule has 224 valence electrons. The molecule has 3 aromatic carbocycles. The predicted molar refractivity (Wildman–Crippen MR) is 162 cm³/mol. The van der Waals surface area contributed by atoms with E-state index in [2.05, 4.69) is 0 Å². The molecule has 0 bridgehead atoms. The highest BCUT2D eigenvalue weighted by Crippen LogP contribution is 2.53. The number of aryl methyl sites for hydroxylation is 1. The van der Waals surface area contributed by atoms with Crippen molar-refractivity contribution in [2.24, 2.45) is 0 Å². The molecule has 0 amide bonds. The second-order valence-electron chi connectivity index (χ2n) is 12.4. The third-order valence-corrected chi connectivity index (χ3v) is 9.40. The van der Waals surface area contributed by atoms with E-state index in [1.807, 2.05) is 32.0 Å². The molecule has 0 aromatic heterocycles. The molecule has 0 fully saturated rings. The van der Waals surface area contributed by atoms with Gasteiger partial charge in [0.2, 0.25) is 10.0 Å². The number of aliphatic carboxylic acids is 1. The van der Waals surface area contributed by atoms with E-state index < -0.39 is 33.5 Å². The lowest BCUT2D eigenvalue weighted by atomic mass is 9.78. The molecular weight excluding hydrogens is 557 g/mol. The summed E-state index contributed by atoms with van der Waals surface area (Å²) in [6.07, 6.45) is 1.38. The van der Waals surface area contributed by atoms with Crippen LogP contribution in [-0.4, -0.2) is 38.0 Å². The van der Waals surface area contributed by atoms with Gasteiger partial charge in [0.1, 0.15) is 11.6 Å². The number of nitrogens with zero attached hydrogens (tertiary/aromatic N) is 1. The van der Waals surface area contributed by atoms with E-state index in [1.54, 1.807) is 40.7 Å². The quantitative estimate of drug-likeness (QED) is 0.344. The van der Waals surface area contributed by atoms with Crippen LogP contribution in [-0.2, 0) is 32.5 Å². The Kier molecular flexibility index (Phi) is 7.43. The fraction of sp³-hybridized carbons (Fsp3) is 0.424. The number of carboxylic acids is 1. The first kappa shape index (κ1) is 30.0. The molecular formula is C33H38FNO6S. The van der Waals surface area contributed by atoms with Crippen LogP contribution in [0.25, 0.3) is 22.3 Å². The number of hydrogen-bond donors (Lipinski definition) is 1. The number of sulfonamides is 1. The number of hydrogen-bond acceptors (Lipinski definition) is 5. The zero-order valence-corrected chi connectivity index (χ0v) is 26.3. The number of ether oxygens (including phenoxy) is 2. The normalized spacial score (nSPS) is 15.4. The molecule has 7 nitrogen and oxygen atoms in total. The van der Waals surface area contributed by atoms with Crippen molar-refractivity contribution in [1.82, 2.24) is 0 Å². The van der Waals surface area contributed by atoms with Gasteiger partial charge in [-0.2, -0.15) is 0 Å². The Labute approximate surface area is 247 Å². The molecule has 0 saturated carbocycles. The first-order chi connectivity index (χ1) is 19.5. The Morgan fingerprint density at radius 3 is 2.29 bits per heavy atom. The number of fused-ring (bicyclic) bond motifs is 4. The number of rotatable bonds is 5. The molecule has 0 radical (unpaired) electrons. The lowest BCUT2D eigenvalue weighted by Gasteiger charge is -2.38. The Bertz CT molecular complexity index is 1740. The van der Waals surface area contributed by atoms with Crippen molar-refractivity contribution >= 4 is 21.7 Å². The van der Waals surface area contributed by atoms with Crippen LogP contribution in [0.5, 0.6) is 5.75 Å². The summed E-state index contributed by atoms with van der Waals surface area (Å²) in [6, 6.07) is 7.37. The molecule has 0 aliphatic carbocycles. The highest BCUT2D eigenvalue weighted by molar-refractivity contribution is 7.92. The van der Waals surface area contributed by atoms with Crippen LogP contribution in [0.1, 0.15) is 72.2 Å². The zero-order chi connectivity index (χ0) is 30.9. The predicted octanol–water partition coefficient (Wildman–Crippen LogP) is 6.94. The summed E-state index contributed by atoms with van der Waals surface area (Å²) in [7, 11) is -3.88. The second kappa shape index (κ2) is 10.4. The average Bonchev–Trinajstić information content (AvgIpc) is 2.90. The number of carboxylic acid groups (broad SMARTS) is 1. The Balaban J connectivity index is 1.98. The number of anilines is 1. The second-order valence-corrected chi connectivity index (χ2v) is 14.3. The zero-order valence-electron chi connectivity index (χ0n) is 25.4. The minimum Gasteiger partial charge on any atom is -0.493 e. The van der Waals surface area contributed by atoms with Gasteiger partial charge in [0.15, 0.2) is 6.10 Å². The van der Waals surface area contributed by atoms with Gasteiger partial charge in [0, 0.05) is 16.7 Å². The molecule has 1 N–H and O–H groups in total. The number of halogens is 1. The molecule has 5 rings (SSSR count). The van der Waals surface area contributed by atoms with Gasteiger partial charge >= 0.3 is 5.97 Å². The average molecular weight is 596 g/mol. The van der Waals surface area contributed by atoms with E-state index in [-0.39, 0.29) is 6.54 Å². The molecule has 2 aliphatic heterocycles. The maximum Gasteiger partial charge on any atom is 0.337 e. The van der Waals surface area contributed by atoms with E-state index in [0.29, 0.717) is 56.8 Å². The largest absolute Gasteiger partial charge is 0.493 e. The van der Waals surface area contributed by atoms with Gasteiger partial charge in [-0.25, -0.2) is 17.6 Å². The van der Waals surface area contributed by atoms with E-state index in [1.165, 1.54) is 4.31 Å². The lowest BCUT2D eigenvalue weighted by Crippen LogP contribution is -2.35. The van der Waals surface area contributed by atoms with E-state index in [0.717, 1.165) is 41.5 Å². The first-order valence-corrected chi connectivity index (χ1v) is 16.0. The topological polar surface area (TPSA) is 93.1 Å². The van der Waals surface area contributed by atoms with Gasteiger partial charge in [0.25, 0.3) is 0 Å². The van der Waals surface area contributed by atoms with Crippen molar-refractivity contribution in [1.29, 1.82) is 0 Å². The van der Waals surface area contributed by atoms with E-state index in [4.69, 9.17) is 9.47 Å². The van der Waals surface area contributed by atoms with Gasteiger partial charge in [-0.05, 0) is 112 Å². The van der Waals surface area contributed by atoms with Crippen molar-refractivity contribution in [3.63, 3.8) is 0 Å². The highest BCUT2D eigenvalue weighted by atomic mass is 32.2. The van der Waals surface area contributed by atoms with Crippen molar-refractivity contribution < 1.29 is 32.2 Å². The van der Waals surface area contributed by atoms with Crippen LogP contribution in [0.3, 0.4) is 0 Å². The molecule has 2 aliphatic rings. The van der Waals surface area contributed by atoms with Gasteiger partial charge < -0.3 is 14.6 Å². The molecule has 3 aromatic rings. The van der Waals surface area contributed by atoms with Gasteiger partial charge in [0.05, 0.1) is 30.7 Å². The summed E-state index contributed by atoms with van der Waals surface area (Å²) >= 11 is 0. The fourth-order valence-corrected chi connectivity index (χ4v) is 7.35. The highest BCUT2D eigenvalue weighted by Gasteiger charge is 2.39. The van der Waals surface area contributed by atoms with Crippen molar-refractivity contribution in [2.45, 2.75) is 79.6 Å². The van der Waals surface area contributed by atoms with Crippen LogP contribution in [0.15, 0.2) is 24.3 Å². The monoisotopic (exact) mass is 595 g/mol. The summed E-state index contributed by atoms with van der Waals surface area (Å²) in [4.78, 5) is 12.9. The van der Waals surface area contributed by atoms with Crippen LogP contribution in [0, 0.1) is 33.5 Å².